The number of nitrogens with two attached hydrogens (primary N) is 1. The van der Waals surface area contributed by atoms with E-state index in [0.717, 1.165) is 0 Å². The van der Waals surface area contributed by atoms with Crippen molar-refractivity contribution in [3.8, 4) is 0 Å². The number of hydrogen-bond donors (Lipinski definition) is 2. The Morgan fingerprint density at radius 1 is 1.26 bits per heavy atom. The van der Waals surface area contributed by atoms with Crippen molar-refractivity contribution < 1.29 is 23.1 Å². The molecule has 0 saturated carbocycles. The van der Waals surface area contributed by atoms with Gasteiger partial charge in [0.25, 0.3) is 0 Å². The highest BCUT2D eigenvalue weighted by Crippen LogP contribution is 2.35. The van der Waals surface area contributed by atoms with Gasteiger partial charge in [-0.15, -0.1) is 0 Å². The number of hydrogen-bond acceptors (Lipinski definition) is 2. The molecule has 19 heavy (non-hydrogen) atoms. The molecule has 1 rings (SSSR count). The molecule has 1 aromatic rings. The molecule has 0 aromatic heterocycles. The molecule has 0 aliphatic heterocycles. The van der Waals surface area contributed by atoms with E-state index in [4.69, 9.17) is 5.73 Å². The van der Waals surface area contributed by atoms with Crippen molar-refractivity contribution in [2.75, 3.05) is 6.54 Å². The topological polar surface area (TPSA) is 63.3 Å². The fourth-order valence-corrected chi connectivity index (χ4v) is 2.12. The lowest BCUT2D eigenvalue weighted by molar-refractivity contribution is -0.151. The number of carboxylic acids is 1. The molecule has 6 heteroatoms. The van der Waals surface area contributed by atoms with Crippen molar-refractivity contribution in [2.45, 2.75) is 31.4 Å². The Kier molecular flexibility index (Phi) is 4.57. The maximum Gasteiger partial charge on any atom is 0.389 e. The molecule has 0 amide bonds. The van der Waals surface area contributed by atoms with Gasteiger partial charge in [0.15, 0.2) is 0 Å². The summed E-state index contributed by atoms with van der Waals surface area (Å²) in [6, 6.07) is 6.48. The van der Waals surface area contributed by atoms with E-state index in [1.807, 2.05) is 0 Å². The molecular formula is C13H16F3NO2. The standard InChI is InChI=1S/C13H16F3NO2/c1-9-4-2-3-5-10(9)12(8-17,11(18)19)6-7-13(14,15)16/h2-5H,6-8,17H2,1H3,(H,18,19). The minimum Gasteiger partial charge on any atom is -0.481 e. The number of carbonyl (C=O) groups is 1. The monoisotopic (exact) mass is 275 g/mol. The third-order valence-electron chi connectivity index (χ3n) is 3.25. The largest absolute Gasteiger partial charge is 0.481 e. The summed E-state index contributed by atoms with van der Waals surface area (Å²) in [6.45, 7) is 1.29. The molecule has 3 N–H and O–H groups in total. The minimum absolute atomic E-state index is 0.342. The average Bonchev–Trinajstić information content (AvgIpc) is 2.30. The van der Waals surface area contributed by atoms with E-state index in [9.17, 15) is 23.1 Å². The van der Waals surface area contributed by atoms with Crippen LogP contribution in [0.25, 0.3) is 0 Å². The first-order chi connectivity index (χ1) is 8.73. The summed E-state index contributed by atoms with van der Waals surface area (Å²) in [4.78, 5) is 11.5. The van der Waals surface area contributed by atoms with Crippen LogP contribution in [0.15, 0.2) is 24.3 Å². The van der Waals surface area contributed by atoms with E-state index in [0.29, 0.717) is 11.1 Å². The zero-order valence-electron chi connectivity index (χ0n) is 10.5. The third-order valence-corrected chi connectivity index (χ3v) is 3.25. The van der Waals surface area contributed by atoms with Crippen LogP contribution in [0.4, 0.5) is 13.2 Å². The molecule has 0 saturated heterocycles. The summed E-state index contributed by atoms with van der Waals surface area (Å²) >= 11 is 0. The Balaban J connectivity index is 3.20. The Hall–Kier alpha value is -1.56. The van der Waals surface area contributed by atoms with Crippen molar-refractivity contribution in [1.82, 2.24) is 0 Å². The molecule has 3 nitrogen and oxygen atoms in total. The van der Waals surface area contributed by atoms with Gasteiger partial charge >= 0.3 is 12.1 Å². The van der Waals surface area contributed by atoms with Crippen LogP contribution in [0.5, 0.6) is 0 Å². The summed E-state index contributed by atoms with van der Waals surface area (Å²) in [5.74, 6) is -1.33. The summed E-state index contributed by atoms with van der Waals surface area (Å²) < 4.78 is 37.1. The van der Waals surface area contributed by atoms with Crippen molar-refractivity contribution in [2.24, 2.45) is 5.73 Å². The highest BCUT2D eigenvalue weighted by Gasteiger charge is 2.43. The predicted octanol–water partition coefficient (Wildman–Crippen LogP) is 2.62. The van der Waals surface area contributed by atoms with Crippen LogP contribution in [0.2, 0.25) is 0 Å². The summed E-state index contributed by atoms with van der Waals surface area (Å²) in [5.41, 5.74) is 4.76. The second kappa shape index (κ2) is 5.61. The molecule has 1 aromatic carbocycles. The van der Waals surface area contributed by atoms with E-state index >= 15 is 0 Å². The highest BCUT2D eigenvalue weighted by molar-refractivity contribution is 5.82. The lowest BCUT2D eigenvalue weighted by atomic mass is 9.75. The Morgan fingerprint density at radius 2 is 1.84 bits per heavy atom. The van der Waals surface area contributed by atoms with Gasteiger partial charge in [-0.2, -0.15) is 13.2 Å². The maximum atomic E-state index is 12.4. The lowest BCUT2D eigenvalue weighted by Crippen LogP contribution is -2.44. The van der Waals surface area contributed by atoms with Crippen LogP contribution in [-0.2, 0) is 10.2 Å². The van der Waals surface area contributed by atoms with Crippen LogP contribution in [0.1, 0.15) is 24.0 Å². The first-order valence-electron chi connectivity index (χ1n) is 5.79. The van der Waals surface area contributed by atoms with Crippen LogP contribution in [0.3, 0.4) is 0 Å². The van der Waals surface area contributed by atoms with Crippen LogP contribution < -0.4 is 5.73 Å². The van der Waals surface area contributed by atoms with E-state index in [-0.39, 0.29) is 6.54 Å². The maximum absolute atomic E-state index is 12.4. The first kappa shape index (κ1) is 15.5. The molecular weight excluding hydrogens is 259 g/mol. The van der Waals surface area contributed by atoms with Gasteiger partial charge in [0.05, 0.1) is 0 Å². The van der Waals surface area contributed by atoms with Crippen molar-refractivity contribution in [3.63, 3.8) is 0 Å². The summed E-state index contributed by atoms with van der Waals surface area (Å²) in [5, 5.41) is 9.35. The zero-order valence-corrected chi connectivity index (χ0v) is 10.5. The Morgan fingerprint density at radius 3 is 2.26 bits per heavy atom. The fourth-order valence-electron chi connectivity index (χ4n) is 2.12. The highest BCUT2D eigenvalue weighted by atomic mass is 19.4. The predicted molar refractivity (Wildman–Crippen MR) is 64.8 cm³/mol. The lowest BCUT2D eigenvalue weighted by Gasteiger charge is -2.30. The van der Waals surface area contributed by atoms with Crippen molar-refractivity contribution >= 4 is 5.97 Å². The second-order valence-electron chi connectivity index (χ2n) is 4.52. The van der Waals surface area contributed by atoms with Gasteiger partial charge in [-0.05, 0) is 24.5 Å². The van der Waals surface area contributed by atoms with Gasteiger partial charge in [-0.25, -0.2) is 0 Å². The summed E-state index contributed by atoms with van der Waals surface area (Å²) in [6.07, 6.45) is -6.14. The van der Waals surface area contributed by atoms with Crippen LogP contribution in [0, 0.1) is 6.92 Å². The Bertz CT molecular complexity index is 459. The average molecular weight is 275 g/mol. The van der Waals surface area contributed by atoms with Gasteiger partial charge in [0.1, 0.15) is 5.41 Å². The number of halogens is 3. The molecule has 106 valence electrons. The molecule has 0 aliphatic carbocycles. The number of alkyl halides is 3. The van der Waals surface area contributed by atoms with E-state index in [1.54, 1.807) is 25.1 Å². The van der Waals surface area contributed by atoms with Gasteiger partial charge in [-0.1, -0.05) is 24.3 Å². The molecule has 0 aliphatic rings. The quantitative estimate of drug-likeness (QED) is 0.868. The normalized spacial score (nSPS) is 15.0. The molecule has 0 fully saturated rings. The SMILES string of the molecule is Cc1ccccc1C(CN)(CCC(F)(F)F)C(=O)O. The number of carboxylic acid groups (broad SMARTS) is 1. The molecule has 0 radical (unpaired) electrons. The van der Waals surface area contributed by atoms with E-state index in [2.05, 4.69) is 0 Å². The summed E-state index contributed by atoms with van der Waals surface area (Å²) in [7, 11) is 0. The second-order valence-corrected chi connectivity index (χ2v) is 4.52. The zero-order chi connectivity index (χ0) is 14.7. The van der Waals surface area contributed by atoms with Gasteiger partial charge in [0, 0.05) is 13.0 Å². The van der Waals surface area contributed by atoms with Gasteiger partial charge in [-0.3, -0.25) is 4.79 Å². The van der Waals surface area contributed by atoms with Crippen LogP contribution >= 0.6 is 0 Å². The molecule has 0 spiro atoms. The first-order valence-corrected chi connectivity index (χ1v) is 5.79. The molecule has 0 bridgehead atoms. The molecule has 1 unspecified atom stereocenters. The number of aliphatic carboxylic acids is 1. The number of rotatable bonds is 5. The van der Waals surface area contributed by atoms with E-state index in [1.165, 1.54) is 6.07 Å². The third kappa shape index (κ3) is 3.47. The van der Waals surface area contributed by atoms with Crippen LogP contribution in [-0.4, -0.2) is 23.8 Å². The number of aryl methyl sites for hydroxylation is 1. The molecule has 1 atom stereocenters. The Labute approximate surface area is 109 Å². The molecule has 0 heterocycles. The smallest absolute Gasteiger partial charge is 0.389 e. The van der Waals surface area contributed by atoms with E-state index < -0.39 is 30.4 Å². The van der Waals surface area contributed by atoms with Gasteiger partial charge < -0.3 is 10.8 Å². The van der Waals surface area contributed by atoms with Gasteiger partial charge in [0.2, 0.25) is 0 Å². The minimum atomic E-state index is -4.40. The fraction of sp³-hybridized carbons (Fsp3) is 0.462. The van der Waals surface area contributed by atoms with Crippen molar-refractivity contribution in [1.29, 1.82) is 0 Å². The van der Waals surface area contributed by atoms with Crippen molar-refractivity contribution in [3.05, 3.63) is 35.4 Å². The number of benzene rings is 1.